The Balaban J connectivity index is 1.75. The summed E-state index contributed by atoms with van der Waals surface area (Å²) in [6.45, 7) is 10.8. The molecule has 1 aliphatic rings. The Kier molecular flexibility index (Phi) is 4.72. The van der Waals surface area contributed by atoms with Crippen LogP contribution >= 0.6 is 0 Å². The van der Waals surface area contributed by atoms with E-state index in [1.54, 1.807) is 0 Å². The smallest absolute Gasteiger partial charge is 0.223 e. The zero-order valence-electron chi connectivity index (χ0n) is 11.6. The van der Waals surface area contributed by atoms with Crippen LogP contribution in [-0.4, -0.2) is 47.3 Å². The van der Waals surface area contributed by atoms with Gasteiger partial charge in [-0.25, -0.2) is 0 Å². The molecule has 1 unspecified atom stereocenters. The Morgan fingerprint density at radius 1 is 1.50 bits per heavy atom. The lowest BCUT2D eigenvalue weighted by molar-refractivity contribution is 0.187. The van der Waals surface area contributed by atoms with Crippen molar-refractivity contribution in [3.05, 3.63) is 11.7 Å². The zero-order chi connectivity index (χ0) is 13.0. The number of hydrogen-bond donors (Lipinski definition) is 1. The van der Waals surface area contributed by atoms with Gasteiger partial charge < -0.3 is 14.7 Å². The Hall–Kier alpha value is -0.940. The molecule has 1 atom stereocenters. The molecule has 0 aromatic carbocycles. The van der Waals surface area contributed by atoms with E-state index >= 15 is 0 Å². The van der Waals surface area contributed by atoms with Crippen molar-refractivity contribution < 1.29 is 4.52 Å². The lowest BCUT2D eigenvalue weighted by Gasteiger charge is -2.34. The zero-order valence-corrected chi connectivity index (χ0v) is 11.6. The summed E-state index contributed by atoms with van der Waals surface area (Å²) in [5.74, 6) is 2.23. The molecule has 1 saturated heterocycles. The predicted octanol–water partition coefficient (Wildman–Crippen LogP) is 1.24. The van der Waals surface area contributed by atoms with E-state index in [-0.39, 0.29) is 0 Å². The maximum atomic E-state index is 4.99. The highest BCUT2D eigenvalue weighted by Gasteiger charge is 2.20. The molecule has 18 heavy (non-hydrogen) atoms. The maximum absolute atomic E-state index is 4.99. The first-order valence-corrected chi connectivity index (χ1v) is 6.88. The number of nitrogens with zero attached hydrogens (tertiary/aromatic N) is 3. The third-order valence-electron chi connectivity index (χ3n) is 3.32. The molecule has 1 aromatic rings. The minimum Gasteiger partial charge on any atom is -0.340 e. The van der Waals surface area contributed by atoms with Crippen LogP contribution in [-0.2, 0) is 6.42 Å². The van der Waals surface area contributed by atoms with Gasteiger partial charge in [0.25, 0.3) is 0 Å². The third kappa shape index (κ3) is 4.07. The molecular formula is C13H24N4O. The number of nitrogens with one attached hydrogen (secondary N) is 1. The van der Waals surface area contributed by atoms with Crippen LogP contribution in [0.5, 0.6) is 0 Å². The quantitative estimate of drug-likeness (QED) is 0.854. The summed E-state index contributed by atoms with van der Waals surface area (Å²) in [4.78, 5) is 6.74. The lowest BCUT2D eigenvalue weighted by atomic mass is 10.0. The molecule has 1 N–H and O–H groups in total. The monoisotopic (exact) mass is 252 g/mol. The molecule has 5 nitrogen and oxygen atoms in total. The van der Waals surface area contributed by atoms with Crippen molar-refractivity contribution in [1.82, 2.24) is 20.4 Å². The first kappa shape index (κ1) is 13.5. The first-order valence-electron chi connectivity index (χ1n) is 6.88. The minimum absolute atomic E-state index is 0.630. The van der Waals surface area contributed by atoms with Crippen LogP contribution in [0.25, 0.3) is 0 Å². The van der Waals surface area contributed by atoms with Crippen molar-refractivity contribution in [2.45, 2.75) is 39.7 Å². The van der Waals surface area contributed by atoms with Crippen LogP contribution in [0.4, 0.5) is 0 Å². The summed E-state index contributed by atoms with van der Waals surface area (Å²) in [5.41, 5.74) is 0. The Morgan fingerprint density at radius 2 is 2.33 bits per heavy atom. The Morgan fingerprint density at radius 3 is 3.00 bits per heavy atom. The van der Waals surface area contributed by atoms with Gasteiger partial charge in [-0.3, -0.25) is 0 Å². The summed E-state index contributed by atoms with van der Waals surface area (Å²) in [6, 6.07) is 0.630. The molecule has 0 saturated carbocycles. The summed E-state index contributed by atoms with van der Waals surface area (Å²) in [6.07, 6.45) is 2.13. The molecule has 1 aliphatic heterocycles. The van der Waals surface area contributed by atoms with Gasteiger partial charge in [0, 0.05) is 45.6 Å². The second kappa shape index (κ2) is 6.29. The average Bonchev–Trinajstić information content (AvgIpc) is 2.72. The maximum Gasteiger partial charge on any atom is 0.223 e. The van der Waals surface area contributed by atoms with Gasteiger partial charge in [-0.1, -0.05) is 19.0 Å². The topological polar surface area (TPSA) is 54.2 Å². The van der Waals surface area contributed by atoms with Crippen LogP contribution in [0.1, 0.15) is 32.0 Å². The van der Waals surface area contributed by atoms with E-state index in [4.69, 9.17) is 4.52 Å². The normalized spacial score (nSPS) is 21.7. The molecular weight excluding hydrogens is 228 g/mol. The summed E-state index contributed by atoms with van der Waals surface area (Å²) >= 11 is 0. The number of aryl methyl sites for hydroxylation is 1. The number of aromatic nitrogens is 2. The van der Waals surface area contributed by atoms with Gasteiger partial charge in [0.1, 0.15) is 0 Å². The molecule has 0 bridgehead atoms. The van der Waals surface area contributed by atoms with E-state index in [0.29, 0.717) is 11.9 Å². The highest BCUT2D eigenvalue weighted by molar-refractivity contribution is 4.87. The van der Waals surface area contributed by atoms with Crippen LogP contribution in [0, 0.1) is 12.8 Å². The van der Waals surface area contributed by atoms with Gasteiger partial charge in [0.05, 0.1) is 0 Å². The fraction of sp³-hybridized carbons (Fsp3) is 0.846. The molecule has 102 valence electrons. The van der Waals surface area contributed by atoms with Gasteiger partial charge in [-0.05, 0) is 12.3 Å². The summed E-state index contributed by atoms with van der Waals surface area (Å²) < 4.78 is 4.99. The standard InChI is InChI=1S/C13H24N4O/c1-10(2)8-12-9-17(7-5-14-12)6-4-13-15-11(3)18-16-13/h10,12,14H,4-9H2,1-3H3. The minimum atomic E-state index is 0.630. The predicted molar refractivity (Wildman–Crippen MR) is 70.4 cm³/mol. The molecule has 0 radical (unpaired) electrons. The molecule has 2 heterocycles. The average molecular weight is 252 g/mol. The van der Waals surface area contributed by atoms with E-state index in [1.807, 2.05) is 6.92 Å². The van der Waals surface area contributed by atoms with Crippen LogP contribution in [0.15, 0.2) is 4.52 Å². The third-order valence-corrected chi connectivity index (χ3v) is 3.32. The molecule has 2 rings (SSSR count). The van der Waals surface area contributed by atoms with E-state index in [1.165, 1.54) is 6.42 Å². The summed E-state index contributed by atoms with van der Waals surface area (Å²) in [5, 5.41) is 7.53. The van der Waals surface area contributed by atoms with E-state index in [2.05, 4.69) is 34.2 Å². The van der Waals surface area contributed by atoms with Gasteiger partial charge in [-0.15, -0.1) is 0 Å². The number of rotatable bonds is 5. The lowest BCUT2D eigenvalue weighted by Crippen LogP contribution is -2.51. The largest absolute Gasteiger partial charge is 0.340 e. The van der Waals surface area contributed by atoms with E-state index in [0.717, 1.165) is 44.3 Å². The highest BCUT2D eigenvalue weighted by atomic mass is 16.5. The number of hydrogen-bond acceptors (Lipinski definition) is 5. The molecule has 0 aliphatic carbocycles. The van der Waals surface area contributed by atoms with Gasteiger partial charge in [0.2, 0.25) is 5.89 Å². The second-order valence-corrected chi connectivity index (χ2v) is 5.56. The van der Waals surface area contributed by atoms with Crippen LogP contribution in [0.2, 0.25) is 0 Å². The Bertz CT molecular complexity index is 364. The fourth-order valence-electron chi connectivity index (χ4n) is 2.53. The number of piperazine rings is 1. The van der Waals surface area contributed by atoms with E-state index in [9.17, 15) is 0 Å². The van der Waals surface area contributed by atoms with Crippen molar-refractivity contribution in [1.29, 1.82) is 0 Å². The molecule has 0 amide bonds. The first-order chi connectivity index (χ1) is 8.63. The van der Waals surface area contributed by atoms with Crippen LogP contribution < -0.4 is 5.32 Å². The highest BCUT2D eigenvalue weighted by Crippen LogP contribution is 2.10. The van der Waals surface area contributed by atoms with Crippen molar-refractivity contribution >= 4 is 0 Å². The SMILES string of the molecule is Cc1nc(CCN2CCNC(CC(C)C)C2)no1. The van der Waals surface area contributed by atoms with Crippen molar-refractivity contribution in [3.63, 3.8) is 0 Å². The summed E-state index contributed by atoms with van der Waals surface area (Å²) in [7, 11) is 0. The Labute approximate surface area is 109 Å². The van der Waals surface area contributed by atoms with Gasteiger partial charge >= 0.3 is 0 Å². The van der Waals surface area contributed by atoms with E-state index < -0.39 is 0 Å². The molecule has 5 heteroatoms. The van der Waals surface area contributed by atoms with Gasteiger partial charge in [0.15, 0.2) is 5.82 Å². The molecule has 0 spiro atoms. The van der Waals surface area contributed by atoms with Crippen molar-refractivity contribution in [3.8, 4) is 0 Å². The molecule has 1 aromatic heterocycles. The van der Waals surface area contributed by atoms with Crippen molar-refractivity contribution in [2.24, 2.45) is 5.92 Å². The van der Waals surface area contributed by atoms with Crippen LogP contribution in [0.3, 0.4) is 0 Å². The fourth-order valence-corrected chi connectivity index (χ4v) is 2.53. The van der Waals surface area contributed by atoms with Crippen molar-refractivity contribution in [2.75, 3.05) is 26.2 Å². The second-order valence-electron chi connectivity index (χ2n) is 5.56. The van der Waals surface area contributed by atoms with Gasteiger partial charge in [-0.2, -0.15) is 4.98 Å². The molecule has 1 fully saturated rings.